The third kappa shape index (κ3) is 7.80. The first-order valence-electron chi connectivity index (χ1n) is 19.9. The molecule has 12 heteroatoms. The SMILES string of the molecule is COc1ccc(C(OC[C@@]23CO[C@@H]([C@H](n4ccc(OS(=O)(=O)c5c(C(C)C)cc(C(C)C)cc5C(C)C)cc4=O)O2)[C@@H]3O)(c2ccccc2)c2ccc(OC)cc2)cc1. The Balaban J connectivity index is 1.20. The molecule has 2 bridgehead atoms. The first-order chi connectivity index (χ1) is 28.1. The number of methoxy groups -OCH3 is 2. The lowest BCUT2D eigenvalue weighted by Crippen LogP contribution is -2.48. The van der Waals surface area contributed by atoms with E-state index in [9.17, 15) is 18.3 Å². The first kappa shape index (κ1) is 42.2. The van der Waals surface area contributed by atoms with Gasteiger partial charge < -0.3 is 33.0 Å². The molecular formula is C47H53NO10S. The molecule has 7 rings (SSSR count). The summed E-state index contributed by atoms with van der Waals surface area (Å²) < 4.78 is 65.9. The molecule has 4 atom stereocenters. The van der Waals surface area contributed by atoms with Crippen molar-refractivity contribution >= 4 is 10.1 Å². The van der Waals surface area contributed by atoms with Crippen LogP contribution in [0.2, 0.25) is 0 Å². The third-order valence-corrected chi connectivity index (χ3v) is 12.8. The van der Waals surface area contributed by atoms with Gasteiger partial charge in [0.15, 0.2) is 6.23 Å². The van der Waals surface area contributed by atoms with E-state index in [0.29, 0.717) is 22.6 Å². The summed E-state index contributed by atoms with van der Waals surface area (Å²) >= 11 is 0. The average molecular weight is 824 g/mol. The number of aliphatic hydroxyl groups is 1. The summed E-state index contributed by atoms with van der Waals surface area (Å²) in [6.45, 7) is 11.8. The number of nitrogens with zero attached hydrogens (tertiary/aromatic N) is 1. The molecule has 3 heterocycles. The van der Waals surface area contributed by atoms with Gasteiger partial charge >= 0.3 is 10.1 Å². The second-order valence-electron chi connectivity index (χ2n) is 16.2. The van der Waals surface area contributed by atoms with Crippen LogP contribution in [0.15, 0.2) is 119 Å². The second kappa shape index (κ2) is 16.6. The van der Waals surface area contributed by atoms with Gasteiger partial charge in [-0.15, -0.1) is 0 Å². The molecule has 2 fully saturated rings. The lowest BCUT2D eigenvalue weighted by molar-refractivity contribution is -0.204. The fourth-order valence-corrected chi connectivity index (χ4v) is 9.73. The van der Waals surface area contributed by atoms with Crippen molar-refractivity contribution in [2.75, 3.05) is 27.4 Å². The van der Waals surface area contributed by atoms with Crippen molar-refractivity contribution in [3.8, 4) is 17.2 Å². The predicted octanol–water partition coefficient (Wildman–Crippen LogP) is 8.04. The number of fused-ring (bicyclic) bond motifs is 2. The second-order valence-corrected chi connectivity index (χ2v) is 17.7. The maximum absolute atomic E-state index is 14.1. The molecule has 0 radical (unpaired) electrons. The summed E-state index contributed by atoms with van der Waals surface area (Å²) in [6.07, 6.45) is -1.73. The normalized spacial score (nSPS) is 20.4. The lowest BCUT2D eigenvalue weighted by atomic mass is 9.79. The van der Waals surface area contributed by atoms with Crippen molar-refractivity contribution in [1.29, 1.82) is 0 Å². The third-order valence-electron chi connectivity index (χ3n) is 11.4. The van der Waals surface area contributed by atoms with Gasteiger partial charge in [-0.1, -0.05) is 108 Å². The molecular weight excluding hydrogens is 771 g/mol. The number of hydrogen-bond donors (Lipinski definition) is 1. The fraction of sp³-hybridized carbons (Fsp3) is 0.383. The van der Waals surface area contributed by atoms with Crippen LogP contribution in [-0.2, 0) is 29.9 Å². The number of pyridine rings is 1. The van der Waals surface area contributed by atoms with Gasteiger partial charge in [0.25, 0.3) is 5.56 Å². The van der Waals surface area contributed by atoms with E-state index in [2.05, 4.69) is 13.8 Å². The molecule has 11 nitrogen and oxygen atoms in total. The van der Waals surface area contributed by atoms with E-state index in [1.807, 2.05) is 119 Å². The van der Waals surface area contributed by atoms with Crippen molar-refractivity contribution in [2.45, 2.75) is 93.8 Å². The summed E-state index contributed by atoms with van der Waals surface area (Å²) in [5.74, 6) is 1.21. The number of aliphatic hydroxyl groups excluding tert-OH is 1. The topological polar surface area (TPSA) is 132 Å². The summed E-state index contributed by atoms with van der Waals surface area (Å²) in [6, 6.07) is 31.4. The van der Waals surface area contributed by atoms with Gasteiger partial charge in [0.05, 0.1) is 27.4 Å². The number of hydrogen-bond acceptors (Lipinski definition) is 10. The van der Waals surface area contributed by atoms with E-state index in [1.165, 1.54) is 16.8 Å². The first-order valence-corrected chi connectivity index (χ1v) is 21.4. The maximum atomic E-state index is 14.1. The molecule has 0 unspecified atom stereocenters. The summed E-state index contributed by atoms with van der Waals surface area (Å²) in [5, 5.41) is 11.8. The largest absolute Gasteiger partial charge is 0.497 e. The molecule has 0 saturated carbocycles. The van der Waals surface area contributed by atoms with E-state index in [4.69, 9.17) is 27.9 Å². The molecule has 0 spiro atoms. The van der Waals surface area contributed by atoms with Gasteiger partial charge in [-0.05, 0) is 81.5 Å². The highest BCUT2D eigenvalue weighted by Gasteiger charge is 2.63. The number of aromatic nitrogens is 1. The highest BCUT2D eigenvalue weighted by Crippen LogP contribution is 2.48. The Bertz CT molecular complexity index is 2350. The molecule has 1 aromatic heterocycles. The molecule has 59 heavy (non-hydrogen) atoms. The van der Waals surface area contributed by atoms with Crippen molar-refractivity contribution < 1.29 is 41.4 Å². The molecule has 2 saturated heterocycles. The molecule has 1 N–H and O–H groups in total. The minimum absolute atomic E-state index is 0.00554. The Kier molecular flexibility index (Phi) is 11.8. The average Bonchev–Trinajstić information content (AvgIpc) is 3.69. The Hall–Kier alpha value is -4.98. The monoisotopic (exact) mass is 823 g/mol. The van der Waals surface area contributed by atoms with E-state index >= 15 is 0 Å². The van der Waals surface area contributed by atoms with Crippen LogP contribution in [0.5, 0.6) is 17.2 Å². The van der Waals surface area contributed by atoms with Gasteiger partial charge in [0.2, 0.25) is 0 Å². The lowest BCUT2D eigenvalue weighted by Gasteiger charge is -2.39. The number of ether oxygens (including phenoxy) is 5. The van der Waals surface area contributed by atoms with E-state index in [-0.39, 0.29) is 41.6 Å². The van der Waals surface area contributed by atoms with E-state index in [1.54, 1.807) is 14.2 Å². The van der Waals surface area contributed by atoms with Gasteiger partial charge in [-0.25, -0.2) is 0 Å². The van der Waals surface area contributed by atoms with Crippen LogP contribution in [0.25, 0.3) is 0 Å². The highest BCUT2D eigenvalue weighted by molar-refractivity contribution is 7.87. The van der Waals surface area contributed by atoms with Crippen LogP contribution in [-0.4, -0.2) is 63.3 Å². The molecule has 0 amide bonds. The minimum atomic E-state index is -4.36. The quantitative estimate of drug-likeness (QED) is 0.0818. The summed E-state index contributed by atoms with van der Waals surface area (Å²) in [7, 11) is -1.14. The van der Waals surface area contributed by atoms with Crippen LogP contribution in [0.3, 0.4) is 0 Å². The smallest absolute Gasteiger partial charge is 0.339 e. The molecule has 2 aliphatic rings. The van der Waals surface area contributed by atoms with Crippen LogP contribution in [0.1, 0.15) is 98.9 Å². The Morgan fingerprint density at radius 2 is 1.31 bits per heavy atom. The fourth-order valence-electron chi connectivity index (χ4n) is 8.12. The van der Waals surface area contributed by atoms with E-state index < -0.39 is 45.3 Å². The van der Waals surface area contributed by atoms with Crippen molar-refractivity contribution in [3.05, 3.63) is 153 Å². The van der Waals surface area contributed by atoms with Crippen LogP contribution in [0.4, 0.5) is 0 Å². The molecule has 4 aromatic carbocycles. The van der Waals surface area contributed by atoms with Crippen molar-refractivity contribution in [1.82, 2.24) is 4.57 Å². The Labute approximate surface area is 346 Å². The highest BCUT2D eigenvalue weighted by atomic mass is 32.2. The van der Waals surface area contributed by atoms with Crippen LogP contribution in [0, 0.1) is 0 Å². The summed E-state index contributed by atoms with van der Waals surface area (Å²) in [4.78, 5) is 13.9. The minimum Gasteiger partial charge on any atom is -0.497 e. The molecule has 312 valence electrons. The summed E-state index contributed by atoms with van der Waals surface area (Å²) in [5.41, 5.74) is 1.63. The van der Waals surface area contributed by atoms with E-state index in [0.717, 1.165) is 28.3 Å². The predicted molar refractivity (Wildman–Crippen MR) is 224 cm³/mol. The standard InChI is InChI=1S/C47H53NO10S/c1-29(2)32-24-39(30(3)4)43(40(25-32)31(5)6)59(51,52)58-38-22-23-48(41(49)26-38)45-42-44(50)46(57-45,27-55-42)28-56-47(33-12-10-9-11-13-33,34-14-18-36(53-7)19-15-34)35-16-20-37(54-8)21-17-35/h9-26,29-31,42,44-45,50H,27-28H2,1-8H3/t42-,44+,45-,46-/m1/s1. The number of rotatable bonds is 15. The van der Waals surface area contributed by atoms with Crippen molar-refractivity contribution in [3.63, 3.8) is 0 Å². The van der Waals surface area contributed by atoms with Crippen LogP contribution < -0.4 is 19.2 Å². The van der Waals surface area contributed by atoms with Gasteiger partial charge in [-0.3, -0.25) is 9.36 Å². The molecule has 0 aliphatic carbocycles. The van der Waals surface area contributed by atoms with Gasteiger partial charge in [0, 0.05) is 12.3 Å². The van der Waals surface area contributed by atoms with Gasteiger partial charge in [-0.2, -0.15) is 8.42 Å². The Morgan fingerprint density at radius 3 is 1.80 bits per heavy atom. The Morgan fingerprint density at radius 1 is 0.763 bits per heavy atom. The zero-order valence-corrected chi connectivity index (χ0v) is 35.6. The number of benzene rings is 4. The van der Waals surface area contributed by atoms with Crippen LogP contribution >= 0.6 is 0 Å². The molecule has 2 aliphatic heterocycles. The van der Waals surface area contributed by atoms with Gasteiger partial charge in [0.1, 0.15) is 45.6 Å². The molecule has 5 aromatic rings. The zero-order valence-electron chi connectivity index (χ0n) is 34.7. The zero-order chi connectivity index (χ0) is 42.3. The maximum Gasteiger partial charge on any atom is 0.339 e. The van der Waals surface area contributed by atoms with Crippen molar-refractivity contribution in [2.24, 2.45) is 0 Å².